The van der Waals surface area contributed by atoms with E-state index < -0.39 is 0 Å². The fourth-order valence-corrected chi connectivity index (χ4v) is 3.67. The number of aryl methyl sites for hydroxylation is 1. The van der Waals surface area contributed by atoms with Crippen LogP contribution in [0.25, 0.3) is 0 Å². The molecule has 0 saturated carbocycles. The first-order chi connectivity index (χ1) is 7.93. The van der Waals surface area contributed by atoms with Gasteiger partial charge in [0.05, 0.1) is 0 Å². The Morgan fingerprint density at radius 2 is 2.06 bits per heavy atom. The van der Waals surface area contributed by atoms with Crippen molar-refractivity contribution >= 4 is 23.1 Å². The topological polar surface area (TPSA) is 37.8 Å². The van der Waals surface area contributed by atoms with Crippen LogP contribution in [0.3, 0.4) is 0 Å². The van der Waals surface area contributed by atoms with Gasteiger partial charge in [0.15, 0.2) is 4.34 Å². The Labute approximate surface area is 113 Å². The maximum absolute atomic E-state index is 4.15. The molecule has 0 radical (unpaired) electrons. The molecule has 0 fully saturated rings. The first kappa shape index (κ1) is 14.9. The van der Waals surface area contributed by atoms with E-state index in [0.29, 0.717) is 6.04 Å². The summed E-state index contributed by atoms with van der Waals surface area (Å²) in [5, 5.41) is 12.9. The number of hydrogen-bond acceptors (Lipinski definition) is 5. The average Bonchev–Trinajstić information content (AvgIpc) is 2.62. The number of aromatic nitrogens is 2. The summed E-state index contributed by atoms with van der Waals surface area (Å²) in [6.45, 7) is 12.1. The minimum Gasteiger partial charge on any atom is -0.313 e. The molecule has 0 aromatic carbocycles. The van der Waals surface area contributed by atoms with Gasteiger partial charge in [0.2, 0.25) is 0 Å². The van der Waals surface area contributed by atoms with Crippen LogP contribution in [0.1, 0.15) is 39.1 Å². The summed E-state index contributed by atoms with van der Waals surface area (Å²) < 4.78 is 1.08. The quantitative estimate of drug-likeness (QED) is 0.807. The Morgan fingerprint density at radius 3 is 2.53 bits per heavy atom. The van der Waals surface area contributed by atoms with Crippen molar-refractivity contribution in [3.63, 3.8) is 0 Å². The van der Waals surface area contributed by atoms with Crippen LogP contribution >= 0.6 is 23.1 Å². The van der Waals surface area contributed by atoms with Gasteiger partial charge < -0.3 is 5.32 Å². The molecular weight excluding hydrogens is 250 g/mol. The molecule has 0 saturated heterocycles. The van der Waals surface area contributed by atoms with Gasteiger partial charge in [-0.25, -0.2) is 0 Å². The third kappa shape index (κ3) is 5.36. The molecule has 0 amide bonds. The molecule has 1 rings (SSSR count). The van der Waals surface area contributed by atoms with Crippen molar-refractivity contribution in [2.75, 3.05) is 12.3 Å². The van der Waals surface area contributed by atoms with Crippen molar-refractivity contribution in [3.8, 4) is 0 Å². The zero-order valence-electron chi connectivity index (χ0n) is 11.4. The fraction of sp³-hybridized carbons (Fsp3) is 0.833. The lowest BCUT2D eigenvalue weighted by Crippen LogP contribution is -2.42. The van der Waals surface area contributed by atoms with Crippen LogP contribution in [0, 0.1) is 12.3 Å². The van der Waals surface area contributed by atoms with E-state index in [-0.39, 0.29) is 5.41 Å². The van der Waals surface area contributed by atoms with E-state index in [9.17, 15) is 0 Å². The van der Waals surface area contributed by atoms with Crippen LogP contribution in [-0.4, -0.2) is 28.5 Å². The van der Waals surface area contributed by atoms with Gasteiger partial charge in [0, 0.05) is 11.8 Å². The number of thioether (sulfide) groups is 1. The van der Waals surface area contributed by atoms with E-state index in [4.69, 9.17) is 0 Å². The molecule has 1 unspecified atom stereocenters. The number of nitrogens with zero attached hydrogens (tertiary/aromatic N) is 2. The molecule has 1 N–H and O–H groups in total. The van der Waals surface area contributed by atoms with Crippen LogP contribution in [0.2, 0.25) is 0 Å². The standard InChI is InChI=1S/C12H23N3S2/c1-6-7-13-10(12(3,4)5)8-16-11-15-14-9(2)17-11/h10,13H,6-8H2,1-5H3. The molecule has 1 heterocycles. The van der Waals surface area contributed by atoms with E-state index >= 15 is 0 Å². The van der Waals surface area contributed by atoms with Gasteiger partial charge in [-0.3, -0.25) is 0 Å². The Bertz CT molecular complexity index is 331. The lowest BCUT2D eigenvalue weighted by atomic mass is 9.88. The second-order valence-corrected chi connectivity index (χ2v) is 7.72. The number of nitrogens with one attached hydrogen (secondary N) is 1. The van der Waals surface area contributed by atoms with E-state index in [1.165, 1.54) is 6.42 Å². The molecule has 17 heavy (non-hydrogen) atoms. The molecule has 5 heteroatoms. The van der Waals surface area contributed by atoms with Crippen LogP contribution in [0.5, 0.6) is 0 Å². The van der Waals surface area contributed by atoms with Gasteiger partial charge in [-0.2, -0.15) is 0 Å². The first-order valence-corrected chi connectivity index (χ1v) is 7.90. The molecule has 1 aromatic heterocycles. The molecule has 0 spiro atoms. The van der Waals surface area contributed by atoms with Gasteiger partial charge in [0.1, 0.15) is 5.01 Å². The van der Waals surface area contributed by atoms with Crippen molar-refractivity contribution in [1.82, 2.24) is 15.5 Å². The monoisotopic (exact) mass is 273 g/mol. The van der Waals surface area contributed by atoms with Gasteiger partial charge in [0.25, 0.3) is 0 Å². The third-order valence-electron chi connectivity index (χ3n) is 2.57. The third-order valence-corrected chi connectivity index (χ3v) is 4.63. The minimum absolute atomic E-state index is 0.280. The molecular formula is C12H23N3S2. The molecule has 0 aliphatic heterocycles. The molecule has 0 bridgehead atoms. The number of hydrogen-bond donors (Lipinski definition) is 1. The van der Waals surface area contributed by atoms with Crippen molar-refractivity contribution in [3.05, 3.63) is 5.01 Å². The highest BCUT2D eigenvalue weighted by atomic mass is 32.2. The summed E-state index contributed by atoms with van der Waals surface area (Å²) >= 11 is 3.49. The summed E-state index contributed by atoms with van der Waals surface area (Å²) in [4.78, 5) is 0. The molecule has 3 nitrogen and oxygen atoms in total. The maximum atomic E-state index is 4.15. The smallest absolute Gasteiger partial charge is 0.174 e. The van der Waals surface area contributed by atoms with Crippen molar-refractivity contribution in [2.45, 2.75) is 51.4 Å². The van der Waals surface area contributed by atoms with E-state index in [1.807, 2.05) is 18.7 Å². The van der Waals surface area contributed by atoms with Crippen LogP contribution in [0.15, 0.2) is 4.34 Å². The lowest BCUT2D eigenvalue weighted by molar-refractivity contribution is 0.292. The zero-order chi connectivity index (χ0) is 12.9. The lowest BCUT2D eigenvalue weighted by Gasteiger charge is -2.31. The van der Waals surface area contributed by atoms with Gasteiger partial charge in [-0.05, 0) is 25.3 Å². The highest BCUT2D eigenvalue weighted by Crippen LogP contribution is 2.28. The van der Waals surface area contributed by atoms with Crippen LogP contribution in [-0.2, 0) is 0 Å². The second kappa shape index (κ2) is 6.71. The highest BCUT2D eigenvalue weighted by Gasteiger charge is 2.24. The Morgan fingerprint density at radius 1 is 1.35 bits per heavy atom. The fourth-order valence-electron chi connectivity index (χ4n) is 1.43. The van der Waals surface area contributed by atoms with Crippen LogP contribution < -0.4 is 5.32 Å². The normalized spacial score (nSPS) is 13.9. The summed E-state index contributed by atoms with van der Waals surface area (Å²) in [5.74, 6) is 1.05. The van der Waals surface area contributed by atoms with Crippen molar-refractivity contribution in [1.29, 1.82) is 0 Å². The Kier molecular flexibility index (Phi) is 5.89. The molecule has 0 aliphatic rings. The molecule has 98 valence electrons. The Hall–Kier alpha value is -0.130. The minimum atomic E-state index is 0.280. The first-order valence-electron chi connectivity index (χ1n) is 6.09. The predicted octanol–water partition coefficient (Wildman–Crippen LogP) is 3.35. The molecule has 0 aliphatic carbocycles. The van der Waals surface area contributed by atoms with Gasteiger partial charge in [-0.1, -0.05) is 50.8 Å². The van der Waals surface area contributed by atoms with Gasteiger partial charge >= 0.3 is 0 Å². The van der Waals surface area contributed by atoms with Crippen molar-refractivity contribution < 1.29 is 0 Å². The van der Waals surface area contributed by atoms with E-state index in [2.05, 4.69) is 43.2 Å². The highest BCUT2D eigenvalue weighted by molar-refractivity contribution is 8.01. The van der Waals surface area contributed by atoms with E-state index in [1.54, 1.807) is 11.3 Å². The summed E-state index contributed by atoms with van der Waals surface area (Å²) in [5.41, 5.74) is 0.280. The van der Waals surface area contributed by atoms with Crippen LogP contribution in [0.4, 0.5) is 0 Å². The molecule has 1 aromatic rings. The zero-order valence-corrected chi connectivity index (χ0v) is 13.0. The predicted molar refractivity (Wildman–Crippen MR) is 76.9 cm³/mol. The Balaban J connectivity index is 2.49. The largest absolute Gasteiger partial charge is 0.313 e. The average molecular weight is 273 g/mol. The summed E-state index contributed by atoms with van der Waals surface area (Å²) in [7, 11) is 0. The van der Waals surface area contributed by atoms with E-state index in [0.717, 1.165) is 21.6 Å². The maximum Gasteiger partial charge on any atom is 0.174 e. The molecule has 1 atom stereocenters. The summed E-state index contributed by atoms with van der Waals surface area (Å²) in [6.07, 6.45) is 1.18. The second-order valence-electron chi connectivity index (χ2n) is 5.27. The van der Waals surface area contributed by atoms with Gasteiger partial charge in [-0.15, -0.1) is 10.2 Å². The van der Waals surface area contributed by atoms with Crippen molar-refractivity contribution in [2.24, 2.45) is 5.41 Å². The SMILES string of the molecule is CCCNC(CSc1nnc(C)s1)C(C)(C)C. The summed E-state index contributed by atoms with van der Waals surface area (Å²) in [6, 6.07) is 0.511. The number of rotatable bonds is 6.